The van der Waals surface area contributed by atoms with Crippen molar-refractivity contribution in [2.45, 2.75) is 19.9 Å². The van der Waals surface area contributed by atoms with Crippen LogP contribution in [-0.2, 0) is 0 Å². The summed E-state index contributed by atoms with van der Waals surface area (Å²) in [5.41, 5.74) is 2.87. The van der Waals surface area contributed by atoms with E-state index in [9.17, 15) is 9.59 Å². The normalized spacial score (nSPS) is 12.1. The van der Waals surface area contributed by atoms with E-state index in [1.807, 2.05) is 106 Å². The van der Waals surface area contributed by atoms with E-state index < -0.39 is 6.04 Å². The quantitative estimate of drug-likeness (QED) is 0.414. The molecule has 1 unspecified atom stereocenters. The summed E-state index contributed by atoms with van der Waals surface area (Å²) < 4.78 is 1.65. The first-order valence-electron chi connectivity index (χ1n) is 11.5. The van der Waals surface area contributed by atoms with Crippen LogP contribution in [0, 0.1) is 6.92 Å². The lowest BCUT2D eigenvalue weighted by molar-refractivity contribution is 0.0667. The number of aromatic nitrogens is 2. The molecule has 0 N–H and O–H groups in total. The van der Waals surface area contributed by atoms with Crippen LogP contribution < -0.4 is 5.56 Å². The summed E-state index contributed by atoms with van der Waals surface area (Å²) in [6, 6.07) is 24.0. The summed E-state index contributed by atoms with van der Waals surface area (Å²) >= 11 is 0. The van der Waals surface area contributed by atoms with Crippen LogP contribution in [0.4, 0.5) is 0 Å². The number of hydrogen-bond donors (Lipinski definition) is 0. The van der Waals surface area contributed by atoms with Gasteiger partial charge in [-0.15, -0.1) is 0 Å². The Labute approximate surface area is 200 Å². The lowest BCUT2D eigenvalue weighted by Gasteiger charge is -2.31. The fraction of sp³-hybridized carbons (Fsp3) is 0.250. The topological polar surface area (TPSA) is 58.4 Å². The molecule has 34 heavy (non-hydrogen) atoms. The van der Waals surface area contributed by atoms with Gasteiger partial charge in [0.05, 0.1) is 22.6 Å². The summed E-state index contributed by atoms with van der Waals surface area (Å²) in [5, 5.41) is 0.550. The van der Waals surface area contributed by atoms with Gasteiger partial charge in [0.25, 0.3) is 11.5 Å². The number of rotatable bonds is 7. The van der Waals surface area contributed by atoms with Crippen molar-refractivity contribution in [3.05, 3.63) is 106 Å². The van der Waals surface area contributed by atoms with Gasteiger partial charge in [-0.3, -0.25) is 14.2 Å². The molecule has 3 aromatic carbocycles. The van der Waals surface area contributed by atoms with E-state index in [-0.39, 0.29) is 11.5 Å². The first-order chi connectivity index (χ1) is 16.4. The van der Waals surface area contributed by atoms with Gasteiger partial charge in [-0.2, -0.15) is 0 Å². The minimum Gasteiger partial charge on any atom is -0.327 e. The molecule has 0 saturated heterocycles. The summed E-state index contributed by atoms with van der Waals surface area (Å²) in [6.45, 7) is 5.12. The zero-order valence-corrected chi connectivity index (χ0v) is 20.1. The van der Waals surface area contributed by atoms with Crippen molar-refractivity contribution in [3.63, 3.8) is 0 Å². The molecule has 1 atom stereocenters. The Hall–Kier alpha value is -3.77. The van der Waals surface area contributed by atoms with Crippen molar-refractivity contribution in [1.82, 2.24) is 19.4 Å². The Morgan fingerprint density at radius 3 is 2.35 bits per heavy atom. The van der Waals surface area contributed by atoms with Crippen molar-refractivity contribution in [2.24, 2.45) is 0 Å². The molecule has 1 heterocycles. The van der Waals surface area contributed by atoms with Gasteiger partial charge >= 0.3 is 0 Å². The number of carbonyl (C=O) groups excluding carboxylic acids is 1. The van der Waals surface area contributed by atoms with Crippen LogP contribution in [0.15, 0.2) is 83.7 Å². The molecule has 0 fully saturated rings. The number of para-hydroxylation sites is 1. The molecule has 0 radical (unpaired) electrons. The summed E-state index contributed by atoms with van der Waals surface area (Å²) in [5.74, 6) is 0.450. The van der Waals surface area contributed by atoms with Crippen LogP contribution in [0.2, 0.25) is 0 Å². The third-order valence-corrected chi connectivity index (χ3v) is 5.97. The highest BCUT2D eigenvalue weighted by Gasteiger charge is 2.27. The van der Waals surface area contributed by atoms with E-state index in [2.05, 4.69) is 0 Å². The molecular formula is C28H30N4O2. The zero-order chi connectivity index (χ0) is 24.2. The third-order valence-electron chi connectivity index (χ3n) is 5.97. The second kappa shape index (κ2) is 10.0. The van der Waals surface area contributed by atoms with E-state index >= 15 is 0 Å². The summed E-state index contributed by atoms with van der Waals surface area (Å²) in [6.07, 6.45) is 0. The molecule has 0 aliphatic carbocycles. The van der Waals surface area contributed by atoms with Crippen molar-refractivity contribution >= 4 is 16.8 Å². The lowest BCUT2D eigenvalue weighted by atomic mass is 10.1. The zero-order valence-electron chi connectivity index (χ0n) is 20.1. The maximum atomic E-state index is 13.7. The predicted octanol–water partition coefficient (Wildman–Crippen LogP) is 4.46. The molecule has 0 aliphatic rings. The van der Waals surface area contributed by atoms with Gasteiger partial charge in [-0.25, -0.2) is 4.98 Å². The first-order valence-corrected chi connectivity index (χ1v) is 11.5. The van der Waals surface area contributed by atoms with E-state index in [1.54, 1.807) is 15.5 Å². The number of carbonyl (C=O) groups is 1. The smallest absolute Gasteiger partial charge is 0.266 e. The number of nitrogens with zero attached hydrogens (tertiary/aromatic N) is 4. The predicted molar refractivity (Wildman–Crippen MR) is 137 cm³/mol. The number of hydrogen-bond acceptors (Lipinski definition) is 4. The average molecular weight is 455 g/mol. The van der Waals surface area contributed by atoms with Gasteiger partial charge in [0.1, 0.15) is 5.82 Å². The number of likely N-dealkylation sites (N-methyl/N-ethyl adjacent to an activating group) is 1. The van der Waals surface area contributed by atoms with E-state index in [0.717, 1.165) is 11.3 Å². The van der Waals surface area contributed by atoms with Crippen molar-refractivity contribution < 1.29 is 4.79 Å². The highest BCUT2D eigenvalue weighted by Crippen LogP contribution is 2.24. The van der Waals surface area contributed by atoms with Crippen molar-refractivity contribution in [2.75, 3.05) is 27.2 Å². The van der Waals surface area contributed by atoms with Crippen LogP contribution in [-0.4, -0.2) is 52.4 Å². The second-order valence-electron chi connectivity index (χ2n) is 8.81. The fourth-order valence-corrected chi connectivity index (χ4v) is 4.11. The Morgan fingerprint density at radius 2 is 1.65 bits per heavy atom. The molecule has 4 aromatic rings. The average Bonchev–Trinajstić information content (AvgIpc) is 2.84. The largest absolute Gasteiger partial charge is 0.327 e. The van der Waals surface area contributed by atoms with Crippen LogP contribution in [0.5, 0.6) is 0 Å². The van der Waals surface area contributed by atoms with Crippen LogP contribution in [0.25, 0.3) is 16.6 Å². The molecule has 174 valence electrons. The number of amides is 1. The lowest BCUT2D eigenvalue weighted by Crippen LogP contribution is -2.41. The molecule has 0 aliphatic heterocycles. The van der Waals surface area contributed by atoms with Crippen LogP contribution >= 0.6 is 0 Å². The number of fused-ring (bicyclic) bond motifs is 1. The SMILES string of the molecule is Cc1cccc(-n2c(C(C)N(CCN(C)C)C(=O)c3ccccc3)nc3ccccc3c2=O)c1. The van der Waals surface area contributed by atoms with Gasteiger partial charge in [-0.05, 0) is 69.9 Å². The molecule has 1 aromatic heterocycles. The maximum absolute atomic E-state index is 13.7. The Bertz CT molecular complexity index is 1360. The molecule has 0 bridgehead atoms. The number of aryl methyl sites for hydroxylation is 1. The van der Waals surface area contributed by atoms with Gasteiger partial charge in [0, 0.05) is 18.7 Å². The van der Waals surface area contributed by atoms with E-state index in [0.29, 0.717) is 35.4 Å². The second-order valence-corrected chi connectivity index (χ2v) is 8.81. The molecule has 6 heteroatoms. The van der Waals surface area contributed by atoms with Gasteiger partial charge in [-0.1, -0.05) is 42.5 Å². The van der Waals surface area contributed by atoms with Crippen molar-refractivity contribution in [1.29, 1.82) is 0 Å². The Morgan fingerprint density at radius 1 is 0.941 bits per heavy atom. The highest BCUT2D eigenvalue weighted by atomic mass is 16.2. The minimum absolute atomic E-state index is 0.0897. The van der Waals surface area contributed by atoms with Gasteiger partial charge in [0.15, 0.2) is 0 Å². The molecule has 1 amide bonds. The Kier molecular flexibility index (Phi) is 6.89. The fourth-order valence-electron chi connectivity index (χ4n) is 4.11. The maximum Gasteiger partial charge on any atom is 0.266 e. The van der Waals surface area contributed by atoms with E-state index in [4.69, 9.17) is 4.98 Å². The summed E-state index contributed by atoms with van der Waals surface area (Å²) in [4.78, 5) is 36.1. The molecular weight excluding hydrogens is 424 g/mol. The van der Waals surface area contributed by atoms with Gasteiger partial charge < -0.3 is 9.80 Å². The molecule has 0 spiro atoms. The Balaban J connectivity index is 1.90. The van der Waals surface area contributed by atoms with E-state index in [1.165, 1.54) is 0 Å². The first kappa shape index (κ1) is 23.4. The standard InChI is InChI=1S/C28H30N4O2/c1-20-11-10-14-23(19-20)32-26(29-25-16-9-8-15-24(25)28(32)34)21(2)31(18-17-30(3)4)27(33)22-12-6-5-7-13-22/h5-16,19,21H,17-18H2,1-4H3. The third kappa shape index (κ3) is 4.77. The van der Waals surface area contributed by atoms with Crippen LogP contribution in [0.1, 0.15) is 34.7 Å². The van der Waals surface area contributed by atoms with Crippen molar-refractivity contribution in [3.8, 4) is 5.69 Å². The molecule has 4 rings (SSSR count). The monoisotopic (exact) mass is 454 g/mol. The summed E-state index contributed by atoms with van der Waals surface area (Å²) in [7, 11) is 3.96. The minimum atomic E-state index is -0.439. The van der Waals surface area contributed by atoms with Crippen LogP contribution in [0.3, 0.4) is 0 Å². The molecule has 0 saturated carbocycles. The highest BCUT2D eigenvalue weighted by molar-refractivity contribution is 5.94. The molecule has 6 nitrogen and oxygen atoms in total. The number of benzene rings is 3. The van der Waals surface area contributed by atoms with Gasteiger partial charge in [0.2, 0.25) is 0 Å².